The van der Waals surface area contributed by atoms with E-state index in [2.05, 4.69) is 13.8 Å². The van der Waals surface area contributed by atoms with Crippen LogP contribution in [0.15, 0.2) is 0 Å². The maximum Gasteiger partial charge on any atom is 0.320 e. The normalized spacial score (nSPS) is 27.9. The Hall–Kier alpha value is -0.610. The average Bonchev–Trinajstić information content (AvgIpc) is 2.41. The van der Waals surface area contributed by atoms with Crippen LogP contribution in [0.25, 0.3) is 0 Å². The zero-order valence-corrected chi connectivity index (χ0v) is 9.99. The lowest BCUT2D eigenvalue weighted by Gasteiger charge is -2.25. The van der Waals surface area contributed by atoms with Crippen molar-refractivity contribution in [3.8, 4) is 0 Å². The molecule has 88 valence electrons. The molecule has 0 radical (unpaired) electrons. The van der Waals surface area contributed by atoms with Crippen LogP contribution in [0.5, 0.6) is 0 Å². The number of likely N-dealkylation sites (tertiary alicyclic amines) is 1. The molecule has 4 heteroatoms. The monoisotopic (exact) mass is 215 g/mol. The number of hydrogen-bond donors (Lipinski definition) is 1. The summed E-state index contributed by atoms with van der Waals surface area (Å²) < 4.78 is 5.18. The number of hydrogen-bond acceptors (Lipinski definition) is 3. The standard InChI is InChI=1S/C11H21NO3/c1-8(10(13)14)12-5-9(6-15-4)11(2,3)7-12/h8-9H,5-7H2,1-4H3,(H,13,14). The van der Waals surface area contributed by atoms with Crippen molar-refractivity contribution in [2.24, 2.45) is 11.3 Å². The van der Waals surface area contributed by atoms with E-state index in [1.165, 1.54) is 0 Å². The molecule has 1 heterocycles. The summed E-state index contributed by atoms with van der Waals surface area (Å²) in [6.07, 6.45) is 0. The van der Waals surface area contributed by atoms with Crippen molar-refractivity contribution in [2.75, 3.05) is 26.8 Å². The molecule has 2 unspecified atom stereocenters. The second-order valence-electron chi connectivity index (χ2n) is 5.08. The van der Waals surface area contributed by atoms with Gasteiger partial charge < -0.3 is 9.84 Å². The van der Waals surface area contributed by atoms with Crippen molar-refractivity contribution in [3.63, 3.8) is 0 Å². The van der Waals surface area contributed by atoms with Gasteiger partial charge in [-0.3, -0.25) is 9.69 Å². The van der Waals surface area contributed by atoms with Crippen LogP contribution in [0.1, 0.15) is 20.8 Å². The Morgan fingerprint density at radius 3 is 2.73 bits per heavy atom. The van der Waals surface area contributed by atoms with Crippen molar-refractivity contribution in [2.45, 2.75) is 26.8 Å². The minimum absolute atomic E-state index is 0.139. The van der Waals surface area contributed by atoms with Gasteiger partial charge >= 0.3 is 5.97 Å². The van der Waals surface area contributed by atoms with Gasteiger partial charge in [-0.1, -0.05) is 13.8 Å². The van der Waals surface area contributed by atoms with Gasteiger partial charge in [-0.15, -0.1) is 0 Å². The highest BCUT2D eigenvalue weighted by Crippen LogP contribution is 2.36. The summed E-state index contributed by atoms with van der Waals surface area (Å²) in [5, 5.41) is 8.96. The molecule has 0 spiro atoms. The lowest BCUT2D eigenvalue weighted by molar-refractivity contribution is -0.142. The van der Waals surface area contributed by atoms with Gasteiger partial charge in [-0.25, -0.2) is 0 Å². The maximum absolute atomic E-state index is 10.9. The number of nitrogens with zero attached hydrogens (tertiary/aromatic N) is 1. The number of rotatable bonds is 4. The molecule has 1 aliphatic rings. The average molecular weight is 215 g/mol. The number of aliphatic carboxylic acids is 1. The maximum atomic E-state index is 10.9. The van der Waals surface area contributed by atoms with E-state index in [4.69, 9.17) is 9.84 Å². The molecule has 1 fully saturated rings. The second kappa shape index (κ2) is 4.49. The van der Waals surface area contributed by atoms with Gasteiger partial charge in [0.15, 0.2) is 0 Å². The summed E-state index contributed by atoms with van der Waals surface area (Å²) in [5.41, 5.74) is 0.139. The molecule has 1 aliphatic heterocycles. The fraction of sp³-hybridized carbons (Fsp3) is 0.909. The van der Waals surface area contributed by atoms with Gasteiger partial charge in [0.25, 0.3) is 0 Å². The highest BCUT2D eigenvalue weighted by Gasteiger charge is 2.41. The molecule has 0 aromatic carbocycles. The summed E-state index contributed by atoms with van der Waals surface area (Å²) in [7, 11) is 1.69. The van der Waals surface area contributed by atoms with Crippen LogP contribution in [0.4, 0.5) is 0 Å². The summed E-state index contributed by atoms with van der Waals surface area (Å²) >= 11 is 0. The van der Waals surface area contributed by atoms with Gasteiger partial charge in [-0.2, -0.15) is 0 Å². The number of carboxylic acids is 1. The predicted octanol–water partition coefficient (Wildman–Crippen LogP) is 1.06. The third-order valence-electron chi connectivity index (χ3n) is 3.44. The molecule has 15 heavy (non-hydrogen) atoms. The zero-order chi connectivity index (χ0) is 11.6. The molecular formula is C11H21NO3. The largest absolute Gasteiger partial charge is 0.480 e. The first-order valence-electron chi connectivity index (χ1n) is 5.34. The van der Waals surface area contributed by atoms with E-state index in [0.717, 1.165) is 13.1 Å². The van der Waals surface area contributed by atoms with E-state index in [1.807, 2.05) is 4.90 Å². The number of carboxylic acid groups (broad SMARTS) is 1. The molecular weight excluding hydrogens is 194 g/mol. The fourth-order valence-corrected chi connectivity index (χ4v) is 2.18. The first-order chi connectivity index (χ1) is 6.88. The molecule has 0 bridgehead atoms. The van der Waals surface area contributed by atoms with E-state index < -0.39 is 12.0 Å². The van der Waals surface area contributed by atoms with Gasteiger partial charge in [0, 0.05) is 26.1 Å². The Morgan fingerprint density at radius 1 is 1.67 bits per heavy atom. The smallest absolute Gasteiger partial charge is 0.320 e. The van der Waals surface area contributed by atoms with E-state index in [9.17, 15) is 4.79 Å². The van der Waals surface area contributed by atoms with Gasteiger partial charge in [0.2, 0.25) is 0 Å². The van der Waals surface area contributed by atoms with Gasteiger partial charge in [0.05, 0.1) is 6.61 Å². The highest BCUT2D eigenvalue weighted by molar-refractivity contribution is 5.72. The predicted molar refractivity (Wildman–Crippen MR) is 57.8 cm³/mol. The van der Waals surface area contributed by atoms with Crippen molar-refractivity contribution in [1.82, 2.24) is 4.90 Å². The lowest BCUT2D eigenvalue weighted by Crippen LogP contribution is -2.38. The molecule has 0 aromatic heterocycles. The lowest BCUT2D eigenvalue weighted by atomic mass is 9.83. The topological polar surface area (TPSA) is 49.8 Å². The molecule has 0 saturated carbocycles. The van der Waals surface area contributed by atoms with Crippen molar-refractivity contribution in [3.05, 3.63) is 0 Å². The summed E-state index contributed by atoms with van der Waals surface area (Å²) in [6.45, 7) is 8.43. The van der Waals surface area contributed by atoms with E-state index in [1.54, 1.807) is 14.0 Å². The third kappa shape index (κ3) is 2.69. The van der Waals surface area contributed by atoms with Crippen LogP contribution in [-0.4, -0.2) is 48.8 Å². The van der Waals surface area contributed by atoms with Crippen molar-refractivity contribution >= 4 is 5.97 Å². The number of methoxy groups -OCH3 is 1. The minimum Gasteiger partial charge on any atom is -0.480 e. The van der Waals surface area contributed by atoms with Crippen molar-refractivity contribution < 1.29 is 14.6 Å². The SMILES string of the molecule is COCC1CN(C(C)C(=O)O)CC1(C)C. The van der Waals surface area contributed by atoms with Crippen LogP contribution >= 0.6 is 0 Å². The Labute approximate surface area is 91.2 Å². The first-order valence-corrected chi connectivity index (χ1v) is 5.34. The molecule has 0 aliphatic carbocycles. The molecule has 2 atom stereocenters. The van der Waals surface area contributed by atoms with Crippen LogP contribution in [0.3, 0.4) is 0 Å². The van der Waals surface area contributed by atoms with Crippen molar-refractivity contribution in [1.29, 1.82) is 0 Å². The van der Waals surface area contributed by atoms with Gasteiger partial charge in [0.1, 0.15) is 6.04 Å². The second-order valence-corrected chi connectivity index (χ2v) is 5.08. The molecule has 1 N–H and O–H groups in total. The van der Waals surface area contributed by atoms with Crippen LogP contribution in [0, 0.1) is 11.3 Å². The van der Waals surface area contributed by atoms with E-state index >= 15 is 0 Å². The summed E-state index contributed by atoms with van der Waals surface area (Å²) in [4.78, 5) is 12.9. The highest BCUT2D eigenvalue weighted by atomic mass is 16.5. The van der Waals surface area contributed by atoms with Gasteiger partial charge in [-0.05, 0) is 12.3 Å². The van der Waals surface area contributed by atoms with E-state index in [-0.39, 0.29) is 5.41 Å². The molecule has 0 amide bonds. The fourth-order valence-electron chi connectivity index (χ4n) is 2.18. The Bertz CT molecular complexity index is 240. The quantitative estimate of drug-likeness (QED) is 0.762. The van der Waals surface area contributed by atoms with Crippen LogP contribution in [0.2, 0.25) is 0 Å². The Morgan fingerprint density at radius 2 is 2.27 bits per heavy atom. The van der Waals surface area contributed by atoms with E-state index in [0.29, 0.717) is 12.5 Å². The minimum atomic E-state index is -0.746. The summed E-state index contributed by atoms with van der Waals surface area (Å²) in [5.74, 6) is -0.326. The summed E-state index contributed by atoms with van der Waals surface area (Å²) in [6, 6.07) is -0.397. The van der Waals surface area contributed by atoms with Crippen LogP contribution in [-0.2, 0) is 9.53 Å². The first kappa shape index (κ1) is 12.5. The molecule has 1 rings (SSSR count). The number of ether oxygens (including phenoxy) is 1. The van der Waals surface area contributed by atoms with Crippen LogP contribution < -0.4 is 0 Å². The Balaban J connectivity index is 2.65. The molecule has 0 aromatic rings. The zero-order valence-electron chi connectivity index (χ0n) is 9.99. The number of carbonyl (C=O) groups is 1. The molecule has 1 saturated heterocycles. The Kier molecular flexibility index (Phi) is 3.73. The molecule has 4 nitrogen and oxygen atoms in total. The third-order valence-corrected chi connectivity index (χ3v) is 3.44.